The van der Waals surface area contributed by atoms with Gasteiger partial charge in [-0.15, -0.1) is 0 Å². The van der Waals surface area contributed by atoms with Crippen LogP contribution < -0.4 is 5.32 Å². The van der Waals surface area contributed by atoms with E-state index in [1.807, 2.05) is 4.90 Å². The van der Waals surface area contributed by atoms with E-state index in [4.69, 9.17) is 0 Å². The van der Waals surface area contributed by atoms with Crippen LogP contribution in [0.1, 0.15) is 62.0 Å². The molecule has 0 radical (unpaired) electrons. The van der Waals surface area contributed by atoms with Crippen LogP contribution in [-0.4, -0.2) is 35.3 Å². The summed E-state index contributed by atoms with van der Waals surface area (Å²) in [5.74, 6) is 0.604. The van der Waals surface area contributed by atoms with Gasteiger partial charge in [-0.05, 0) is 62.1 Å². The lowest BCUT2D eigenvalue weighted by molar-refractivity contribution is -0.153. The van der Waals surface area contributed by atoms with Gasteiger partial charge < -0.3 is 10.2 Å². The van der Waals surface area contributed by atoms with Crippen LogP contribution in [0.4, 0.5) is 13.2 Å². The third-order valence-corrected chi connectivity index (χ3v) is 7.63. The Bertz CT molecular complexity index is 837. The summed E-state index contributed by atoms with van der Waals surface area (Å²) in [6.07, 6.45) is 1.55. The SMILES string of the molecule is O=C1CC[C@]2(C[C@H](C(=O)N3CC4(CC[C@H](c5ccc(C(F)(F)F)cc5)C4)C3)C2)N1. The second-order valence-electron chi connectivity index (χ2n) is 9.69. The molecule has 5 rings (SSSR count). The van der Waals surface area contributed by atoms with Crippen molar-refractivity contribution in [3.63, 3.8) is 0 Å². The fraction of sp³-hybridized carbons (Fsp3) is 0.636. The van der Waals surface area contributed by atoms with Crippen LogP contribution in [0.5, 0.6) is 0 Å². The quantitative estimate of drug-likeness (QED) is 0.811. The Morgan fingerprint density at radius 1 is 1.07 bits per heavy atom. The Labute approximate surface area is 167 Å². The van der Waals surface area contributed by atoms with Gasteiger partial charge in [-0.25, -0.2) is 0 Å². The number of nitrogens with zero attached hydrogens (tertiary/aromatic N) is 1. The van der Waals surface area contributed by atoms with Gasteiger partial charge in [0.2, 0.25) is 11.8 Å². The number of nitrogens with one attached hydrogen (secondary N) is 1. The van der Waals surface area contributed by atoms with Crippen LogP contribution in [0.2, 0.25) is 0 Å². The molecular weight excluding hydrogens is 381 g/mol. The predicted octanol–water partition coefficient (Wildman–Crippen LogP) is 3.86. The number of alkyl halides is 3. The molecule has 0 bridgehead atoms. The van der Waals surface area contributed by atoms with E-state index in [1.54, 1.807) is 12.1 Å². The normalized spacial score (nSPS) is 32.9. The first kappa shape index (κ1) is 18.9. The van der Waals surface area contributed by atoms with Crippen molar-refractivity contribution >= 4 is 11.8 Å². The molecule has 1 atom stereocenters. The van der Waals surface area contributed by atoms with Gasteiger partial charge in [-0.3, -0.25) is 9.59 Å². The van der Waals surface area contributed by atoms with E-state index in [2.05, 4.69) is 5.32 Å². The number of rotatable bonds is 2. The minimum atomic E-state index is -4.30. The van der Waals surface area contributed by atoms with Crippen molar-refractivity contribution in [2.75, 3.05) is 13.1 Å². The highest BCUT2D eigenvalue weighted by molar-refractivity contribution is 5.84. The molecule has 1 aromatic carbocycles. The van der Waals surface area contributed by atoms with Gasteiger partial charge in [-0.1, -0.05) is 12.1 Å². The molecule has 2 spiro atoms. The van der Waals surface area contributed by atoms with E-state index in [1.165, 1.54) is 12.1 Å². The van der Waals surface area contributed by atoms with Crippen LogP contribution in [0.15, 0.2) is 24.3 Å². The standard InChI is InChI=1S/C22H25F3N2O2/c23-22(24,25)17-3-1-14(2-4-17)15-5-7-20(9-15)12-27(13-20)19(29)16-10-21(11-16)8-6-18(28)26-21/h1-4,15-16H,5-13H2,(H,26,28)/t15-,16-,21+/m0/s1. The van der Waals surface area contributed by atoms with Gasteiger partial charge in [0.25, 0.3) is 0 Å². The van der Waals surface area contributed by atoms with E-state index in [0.29, 0.717) is 6.42 Å². The maximum atomic E-state index is 12.8. The van der Waals surface area contributed by atoms with Crippen LogP contribution in [0, 0.1) is 11.3 Å². The van der Waals surface area contributed by atoms with Crippen molar-refractivity contribution in [3.8, 4) is 0 Å². The van der Waals surface area contributed by atoms with Crippen molar-refractivity contribution in [1.82, 2.24) is 10.2 Å². The molecule has 0 aromatic heterocycles. The van der Waals surface area contributed by atoms with Gasteiger partial charge in [0.1, 0.15) is 0 Å². The monoisotopic (exact) mass is 406 g/mol. The fourth-order valence-electron chi connectivity index (χ4n) is 6.04. The number of hydrogen-bond donors (Lipinski definition) is 1. The maximum absolute atomic E-state index is 12.8. The van der Waals surface area contributed by atoms with Crippen molar-refractivity contribution in [3.05, 3.63) is 35.4 Å². The molecule has 2 heterocycles. The van der Waals surface area contributed by atoms with Gasteiger partial charge in [-0.2, -0.15) is 13.2 Å². The summed E-state index contributed by atoms with van der Waals surface area (Å²) in [4.78, 5) is 26.2. The number of likely N-dealkylation sites (tertiary alicyclic amines) is 1. The Hall–Kier alpha value is -2.05. The lowest BCUT2D eigenvalue weighted by Gasteiger charge is -2.53. The lowest BCUT2D eigenvalue weighted by Crippen LogP contribution is -2.63. The molecule has 156 valence electrons. The zero-order chi connectivity index (χ0) is 20.4. The zero-order valence-corrected chi connectivity index (χ0v) is 16.2. The van der Waals surface area contributed by atoms with Gasteiger partial charge >= 0.3 is 6.18 Å². The summed E-state index contributed by atoms with van der Waals surface area (Å²) in [5, 5.41) is 3.03. The molecule has 2 amide bonds. The summed E-state index contributed by atoms with van der Waals surface area (Å²) < 4.78 is 38.3. The molecule has 0 unspecified atom stereocenters. The fourth-order valence-corrected chi connectivity index (χ4v) is 6.04. The first-order valence-corrected chi connectivity index (χ1v) is 10.4. The molecule has 2 saturated carbocycles. The number of halogens is 3. The topological polar surface area (TPSA) is 49.4 Å². The lowest BCUT2D eigenvalue weighted by atomic mass is 9.66. The number of carbonyl (C=O) groups is 2. The second kappa shape index (κ2) is 6.22. The zero-order valence-electron chi connectivity index (χ0n) is 16.2. The molecule has 4 aliphatic rings. The van der Waals surface area contributed by atoms with E-state index >= 15 is 0 Å². The highest BCUT2D eigenvalue weighted by atomic mass is 19.4. The molecule has 2 aliphatic heterocycles. The van der Waals surface area contributed by atoms with Crippen molar-refractivity contribution < 1.29 is 22.8 Å². The summed E-state index contributed by atoms with van der Waals surface area (Å²) in [6, 6.07) is 5.56. The van der Waals surface area contributed by atoms with E-state index in [0.717, 1.165) is 57.2 Å². The Balaban J connectivity index is 1.14. The molecule has 1 aromatic rings. The largest absolute Gasteiger partial charge is 0.416 e. The van der Waals surface area contributed by atoms with Crippen LogP contribution in [-0.2, 0) is 15.8 Å². The average Bonchev–Trinajstić information content (AvgIpc) is 3.22. The van der Waals surface area contributed by atoms with Crippen molar-refractivity contribution in [2.24, 2.45) is 11.3 Å². The smallest absolute Gasteiger partial charge is 0.351 e. The van der Waals surface area contributed by atoms with E-state index < -0.39 is 11.7 Å². The Morgan fingerprint density at radius 2 is 1.76 bits per heavy atom. The molecule has 7 heteroatoms. The third-order valence-electron chi connectivity index (χ3n) is 7.63. The summed E-state index contributed by atoms with van der Waals surface area (Å²) >= 11 is 0. The molecule has 2 aliphatic carbocycles. The summed E-state index contributed by atoms with van der Waals surface area (Å²) in [7, 11) is 0. The molecule has 4 nitrogen and oxygen atoms in total. The second-order valence-corrected chi connectivity index (χ2v) is 9.69. The van der Waals surface area contributed by atoms with Gasteiger partial charge in [0.15, 0.2) is 0 Å². The summed E-state index contributed by atoms with van der Waals surface area (Å²) in [6.45, 7) is 1.53. The van der Waals surface area contributed by atoms with E-state index in [-0.39, 0.29) is 34.6 Å². The number of hydrogen-bond acceptors (Lipinski definition) is 2. The number of amides is 2. The van der Waals surface area contributed by atoms with Gasteiger partial charge in [0, 0.05) is 36.4 Å². The molecular formula is C22H25F3N2O2. The highest BCUT2D eigenvalue weighted by Gasteiger charge is 2.55. The molecule has 4 fully saturated rings. The van der Waals surface area contributed by atoms with Gasteiger partial charge in [0.05, 0.1) is 5.56 Å². The first-order valence-electron chi connectivity index (χ1n) is 10.4. The number of carbonyl (C=O) groups excluding carboxylic acids is 2. The van der Waals surface area contributed by atoms with Crippen LogP contribution in [0.25, 0.3) is 0 Å². The Kier molecular flexibility index (Phi) is 4.07. The van der Waals surface area contributed by atoms with Crippen molar-refractivity contribution in [1.29, 1.82) is 0 Å². The average molecular weight is 406 g/mol. The van der Waals surface area contributed by atoms with E-state index in [9.17, 15) is 22.8 Å². The molecule has 2 saturated heterocycles. The highest BCUT2D eigenvalue weighted by Crippen LogP contribution is 2.53. The third kappa shape index (κ3) is 3.22. The first-order chi connectivity index (χ1) is 13.7. The summed E-state index contributed by atoms with van der Waals surface area (Å²) in [5.41, 5.74) is 0.371. The van der Waals surface area contributed by atoms with Crippen LogP contribution >= 0.6 is 0 Å². The molecule has 29 heavy (non-hydrogen) atoms. The predicted molar refractivity (Wildman–Crippen MR) is 99.9 cm³/mol. The molecule has 1 N–H and O–H groups in total. The maximum Gasteiger partial charge on any atom is 0.416 e. The van der Waals surface area contributed by atoms with Crippen molar-refractivity contribution in [2.45, 2.75) is 62.6 Å². The van der Waals surface area contributed by atoms with Crippen LogP contribution in [0.3, 0.4) is 0 Å². The minimum absolute atomic E-state index is 0.0258. The number of benzene rings is 1. The minimum Gasteiger partial charge on any atom is -0.351 e. The Morgan fingerprint density at radius 3 is 2.34 bits per heavy atom.